The number of fused-ring (bicyclic) bond motifs is 4. The smallest absolute Gasteiger partial charge is 0.0526 e. The Bertz CT molecular complexity index is 2320. The Labute approximate surface area is 423 Å². The molecule has 0 saturated heterocycles. The van der Waals surface area contributed by atoms with E-state index in [-0.39, 0.29) is 0 Å². The predicted molar refractivity (Wildman–Crippen MR) is 303 cm³/mol. The van der Waals surface area contributed by atoms with Gasteiger partial charge in [0, 0.05) is 69.9 Å². The number of nitrogens with two attached hydrogens (primary N) is 2. The van der Waals surface area contributed by atoms with Crippen LogP contribution in [0.2, 0.25) is 0 Å². The van der Waals surface area contributed by atoms with Crippen molar-refractivity contribution < 1.29 is 10.2 Å². The Morgan fingerprint density at radius 1 is 0.343 bits per heavy atom. The van der Waals surface area contributed by atoms with Gasteiger partial charge in [0.2, 0.25) is 0 Å². The first-order valence-corrected chi connectivity index (χ1v) is 28.6. The van der Waals surface area contributed by atoms with Crippen LogP contribution in [0.15, 0.2) is 84.9 Å². The van der Waals surface area contributed by atoms with E-state index in [0.717, 1.165) is 106 Å². The quantitative estimate of drug-likeness (QED) is 0.0248. The molecule has 0 unspecified atom stereocenters. The fourth-order valence-corrected chi connectivity index (χ4v) is 12.3. The topological polar surface area (TPSA) is 105 Å². The number of nitrogens with zero attached hydrogens (tertiary/aromatic N) is 2. The molecule has 1 fully saturated rings. The maximum absolute atomic E-state index is 15.6. The third kappa shape index (κ3) is 12.4. The lowest BCUT2D eigenvalue weighted by Crippen LogP contribution is -2.63. The average molecular weight is 947 g/mol. The molecule has 6 aromatic rings. The van der Waals surface area contributed by atoms with E-state index < -0.39 is 24.0 Å². The zero-order chi connectivity index (χ0) is 49.2. The van der Waals surface area contributed by atoms with Crippen LogP contribution in [0.3, 0.4) is 0 Å². The number of benzene rings is 6. The van der Waals surface area contributed by atoms with Gasteiger partial charge in [-0.1, -0.05) is 229 Å². The van der Waals surface area contributed by atoms with E-state index in [0.29, 0.717) is 11.4 Å². The van der Waals surface area contributed by atoms with Gasteiger partial charge in [0.1, 0.15) is 0 Å². The summed E-state index contributed by atoms with van der Waals surface area (Å²) in [5, 5.41) is 39.3. The van der Waals surface area contributed by atoms with Gasteiger partial charge in [-0.2, -0.15) is 0 Å². The van der Waals surface area contributed by atoms with Crippen molar-refractivity contribution in [2.75, 3.05) is 47.4 Å². The van der Waals surface area contributed by atoms with Crippen LogP contribution < -0.4 is 31.5 Å². The van der Waals surface area contributed by atoms with Crippen LogP contribution in [-0.4, -0.2) is 38.4 Å². The maximum atomic E-state index is 15.6. The van der Waals surface area contributed by atoms with Crippen LogP contribution >= 0.6 is 0 Å². The van der Waals surface area contributed by atoms with E-state index in [9.17, 15) is 0 Å². The van der Waals surface area contributed by atoms with Crippen molar-refractivity contribution in [3.63, 3.8) is 0 Å². The summed E-state index contributed by atoms with van der Waals surface area (Å²) in [5.41, 5.74) is 19.6. The summed E-state index contributed by atoms with van der Waals surface area (Å²) in [5.74, 6) is -1.53. The molecule has 70 heavy (non-hydrogen) atoms. The van der Waals surface area contributed by atoms with Crippen molar-refractivity contribution in [2.45, 2.75) is 206 Å². The number of hydrogen-bond donors (Lipinski definition) is 2. The van der Waals surface area contributed by atoms with E-state index in [4.69, 9.17) is 11.5 Å². The van der Waals surface area contributed by atoms with Crippen molar-refractivity contribution in [3.8, 4) is 0 Å². The van der Waals surface area contributed by atoms with Gasteiger partial charge in [-0.15, -0.1) is 12.2 Å². The van der Waals surface area contributed by atoms with Gasteiger partial charge in [-0.25, -0.2) is 0 Å². The summed E-state index contributed by atoms with van der Waals surface area (Å²) in [7, 11) is 0. The molecule has 7 rings (SSSR count). The molecule has 1 aliphatic carbocycles. The molecule has 6 nitrogen and oxygen atoms in total. The largest absolute Gasteiger partial charge is 0.851 e. The fraction of sp³-hybridized carbons (Fsp3) is 0.562. The van der Waals surface area contributed by atoms with Gasteiger partial charge in [-0.3, -0.25) is 0 Å². The highest BCUT2D eigenvalue weighted by atomic mass is 16.3. The minimum Gasteiger partial charge on any atom is -0.851 e. The van der Waals surface area contributed by atoms with Gasteiger partial charge in [0.15, 0.2) is 0 Å². The molecule has 0 heterocycles. The molecule has 0 radical (unpaired) electrons. The van der Waals surface area contributed by atoms with Crippen molar-refractivity contribution in [2.24, 2.45) is 0 Å². The molecule has 4 N–H and O–H groups in total. The van der Waals surface area contributed by atoms with Crippen LogP contribution in [0.4, 0.5) is 22.7 Å². The number of hydrogen-bond acceptors (Lipinski definition) is 6. The third-order valence-corrected chi connectivity index (χ3v) is 16.0. The molecule has 0 spiro atoms. The summed E-state index contributed by atoms with van der Waals surface area (Å²) in [6.45, 7) is 13.0. The molecule has 1 aliphatic rings. The van der Waals surface area contributed by atoms with Gasteiger partial charge in [0.25, 0.3) is 0 Å². The van der Waals surface area contributed by atoms with Crippen LogP contribution in [0.5, 0.6) is 0 Å². The Balaban J connectivity index is 1.29. The van der Waals surface area contributed by atoms with Crippen molar-refractivity contribution >= 4 is 65.8 Å². The molecule has 1 saturated carbocycles. The number of nitrogen functional groups attached to an aromatic ring is 2. The van der Waals surface area contributed by atoms with E-state index in [1.807, 2.05) is 12.1 Å². The van der Waals surface area contributed by atoms with E-state index in [1.165, 1.54) is 140 Å². The minimum atomic E-state index is -1.18. The zero-order valence-electron chi connectivity index (χ0n) is 44.1. The van der Waals surface area contributed by atoms with Crippen LogP contribution in [0, 0.1) is 0 Å². The molecule has 380 valence electrons. The number of unbranched alkanes of at least 4 members (excludes halogenated alkanes) is 20. The standard InChI is InChI=1S/C64H90N4O2/c1-5-9-13-17-21-29-43-67(44-30-22-18-14-10-6-2)61-49-37-27-25-35-47(49)57(55-51(61)39-33-41-53(55)65)59-63(69)60(64(59)70)58-48-36-26-28-38-50(48)62(52-40-34-42-54(66)56(52)58)68(45-31-23-19-15-11-7-3)46-32-24-20-16-12-8-4/h25-28,33-42,59-60,63-64H,5-24,29-32,43-46,65-66H2,1-4H3/q-2. The Hall–Kier alpha value is -4.52. The first-order chi connectivity index (χ1) is 34.4. The normalized spacial score (nSPS) is 17.0. The highest BCUT2D eigenvalue weighted by Crippen LogP contribution is 2.56. The highest BCUT2D eigenvalue weighted by Gasteiger charge is 2.43. The minimum absolute atomic E-state index is 0.641. The Morgan fingerprint density at radius 2 is 0.614 bits per heavy atom. The third-order valence-electron chi connectivity index (χ3n) is 16.0. The molecule has 0 bridgehead atoms. The summed E-state index contributed by atoms with van der Waals surface area (Å²) in [6, 6.07) is 29.6. The first kappa shape index (κ1) is 53.3. The fourth-order valence-electron chi connectivity index (χ4n) is 12.3. The number of anilines is 4. The molecular weight excluding hydrogens is 857 g/mol. The lowest BCUT2D eigenvalue weighted by Gasteiger charge is -2.62. The van der Waals surface area contributed by atoms with Crippen molar-refractivity contribution in [1.82, 2.24) is 0 Å². The molecule has 6 heteroatoms. The lowest BCUT2D eigenvalue weighted by molar-refractivity contribution is -0.535. The average Bonchev–Trinajstić information content (AvgIpc) is 3.37. The monoisotopic (exact) mass is 947 g/mol. The van der Waals surface area contributed by atoms with Crippen LogP contribution in [-0.2, 0) is 0 Å². The molecule has 0 atom stereocenters. The molecule has 0 aliphatic heterocycles. The second kappa shape index (κ2) is 27.3. The van der Waals surface area contributed by atoms with E-state index >= 15 is 10.2 Å². The van der Waals surface area contributed by atoms with Gasteiger partial charge < -0.3 is 31.5 Å². The van der Waals surface area contributed by atoms with Crippen LogP contribution in [0.1, 0.15) is 205 Å². The van der Waals surface area contributed by atoms with Gasteiger partial charge in [-0.05, 0) is 71.6 Å². The second-order valence-corrected chi connectivity index (χ2v) is 21.2. The van der Waals surface area contributed by atoms with E-state index in [1.54, 1.807) is 0 Å². The van der Waals surface area contributed by atoms with Gasteiger partial charge >= 0.3 is 0 Å². The Morgan fingerprint density at radius 3 is 0.929 bits per heavy atom. The van der Waals surface area contributed by atoms with Crippen molar-refractivity contribution in [1.29, 1.82) is 0 Å². The summed E-state index contributed by atoms with van der Waals surface area (Å²) >= 11 is 0. The molecule has 0 aromatic heterocycles. The molecular formula is C64H90N4O2-2. The van der Waals surface area contributed by atoms with Crippen LogP contribution in [0.25, 0.3) is 43.1 Å². The predicted octanol–water partition coefficient (Wildman–Crippen LogP) is 15.9. The molecule has 6 aromatic carbocycles. The molecule has 0 amide bonds. The first-order valence-electron chi connectivity index (χ1n) is 28.6. The Kier molecular flexibility index (Phi) is 20.8. The number of rotatable bonds is 32. The van der Waals surface area contributed by atoms with Gasteiger partial charge in [0.05, 0.1) is 11.4 Å². The van der Waals surface area contributed by atoms with Crippen molar-refractivity contribution in [3.05, 3.63) is 96.1 Å². The van der Waals surface area contributed by atoms with E-state index in [2.05, 4.69) is 110 Å². The second-order valence-electron chi connectivity index (χ2n) is 21.2. The SMILES string of the molecule is CCCCCCCCN(CCCCCCCC)c1c2ccccc2c(C2C([O-])C(c3c4ccccc4c(N(CCCCCCCC)CCCCCCCC)c4cccc(N)c34)C2[O-])c2c(N)cccc12. The lowest BCUT2D eigenvalue weighted by atomic mass is 9.60. The zero-order valence-corrected chi connectivity index (χ0v) is 44.1. The summed E-state index contributed by atoms with van der Waals surface area (Å²) in [6.07, 6.45) is 27.4. The summed E-state index contributed by atoms with van der Waals surface area (Å²) in [4.78, 5) is 5.26. The maximum Gasteiger partial charge on any atom is 0.0526 e. The summed E-state index contributed by atoms with van der Waals surface area (Å²) < 4.78 is 0. The highest BCUT2D eigenvalue weighted by molar-refractivity contribution is 6.19.